The van der Waals surface area contributed by atoms with E-state index in [1.165, 1.54) is 173 Å². The topological polar surface area (TPSA) is 35.9 Å². The minimum atomic E-state index is -0.286. The van der Waals surface area contributed by atoms with Gasteiger partial charge in [0.05, 0.1) is 13.2 Å². The Labute approximate surface area is 277 Å². The average molecular weight is 632 g/mol. The average Bonchev–Trinajstić information content (AvgIpc) is 3.34. The SMILES string of the molecule is CCCCCCCCCCCCCCCCOC1(CCCCCCCCCCCCCCC)N(CC)CCN1CCO.Cl. The first kappa shape index (κ1) is 43.1. The smallest absolute Gasteiger partial charge is 0.179 e. The van der Waals surface area contributed by atoms with Gasteiger partial charge in [-0.25, -0.2) is 0 Å². The lowest BCUT2D eigenvalue weighted by Gasteiger charge is -2.43. The zero-order valence-electron chi connectivity index (χ0n) is 29.7. The highest BCUT2D eigenvalue weighted by Gasteiger charge is 2.46. The number of nitrogens with zero attached hydrogens (tertiary/aromatic N) is 2. The largest absolute Gasteiger partial charge is 0.395 e. The van der Waals surface area contributed by atoms with E-state index in [1.807, 2.05) is 0 Å². The molecular formula is C38H79ClN2O2. The molecule has 0 aliphatic carbocycles. The Bertz CT molecular complexity index is 552. The number of aliphatic hydroxyl groups is 1. The van der Waals surface area contributed by atoms with Crippen molar-refractivity contribution < 1.29 is 9.84 Å². The van der Waals surface area contributed by atoms with Gasteiger partial charge in [-0.3, -0.25) is 9.80 Å². The second-order valence-corrected chi connectivity index (χ2v) is 13.5. The van der Waals surface area contributed by atoms with Crippen LogP contribution in [0.1, 0.15) is 201 Å². The Morgan fingerprint density at radius 1 is 0.488 bits per heavy atom. The molecule has 1 fully saturated rings. The van der Waals surface area contributed by atoms with Crippen LogP contribution in [-0.2, 0) is 4.74 Å². The van der Waals surface area contributed by atoms with E-state index in [1.54, 1.807) is 0 Å². The van der Waals surface area contributed by atoms with Gasteiger partial charge in [-0.2, -0.15) is 0 Å². The van der Waals surface area contributed by atoms with Crippen molar-refractivity contribution in [3.63, 3.8) is 0 Å². The molecular weight excluding hydrogens is 552 g/mol. The minimum absolute atomic E-state index is 0. The maximum atomic E-state index is 9.79. The fourth-order valence-electron chi connectivity index (χ4n) is 7.08. The third kappa shape index (κ3) is 21.5. The molecule has 1 rings (SSSR count). The first-order chi connectivity index (χ1) is 20.7. The molecule has 0 aromatic carbocycles. The van der Waals surface area contributed by atoms with Crippen molar-refractivity contribution in [2.75, 3.05) is 39.4 Å². The standard InChI is InChI=1S/C38H78N2O2.ClH/c1-4-7-9-11-13-15-17-19-21-23-25-27-29-31-37-42-38(39(6-3)33-34-40(38)35-36-41)32-30-28-26-24-22-20-18-16-14-12-10-8-5-2;/h41H,4-37H2,1-3H3;1H. The molecule has 1 heterocycles. The fourth-order valence-corrected chi connectivity index (χ4v) is 7.08. The quantitative estimate of drug-likeness (QED) is 0.0732. The first-order valence-electron chi connectivity index (χ1n) is 19.5. The lowest BCUT2D eigenvalue weighted by Crippen LogP contribution is -2.56. The maximum Gasteiger partial charge on any atom is 0.179 e. The van der Waals surface area contributed by atoms with Gasteiger partial charge >= 0.3 is 0 Å². The molecule has 0 amide bonds. The predicted molar refractivity (Wildman–Crippen MR) is 192 cm³/mol. The van der Waals surface area contributed by atoms with E-state index in [0.717, 1.165) is 39.2 Å². The van der Waals surface area contributed by atoms with Crippen LogP contribution < -0.4 is 0 Å². The number of likely N-dealkylation sites (N-methyl/N-ethyl adjacent to an activating group) is 1. The van der Waals surface area contributed by atoms with Crippen LogP contribution in [0.4, 0.5) is 0 Å². The van der Waals surface area contributed by atoms with Gasteiger partial charge in [0.15, 0.2) is 5.85 Å². The fraction of sp³-hybridized carbons (Fsp3) is 1.00. The van der Waals surface area contributed by atoms with Gasteiger partial charge in [-0.1, -0.05) is 181 Å². The minimum Gasteiger partial charge on any atom is -0.395 e. The molecule has 0 aromatic rings. The van der Waals surface area contributed by atoms with Crippen LogP contribution in [0.2, 0.25) is 0 Å². The maximum absolute atomic E-state index is 9.79. The molecule has 1 unspecified atom stereocenters. The molecule has 43 heavy (non-hydrogen) atoms. The third-order valence-corrected chi connectivity index (χ3v) is 9.82. The molecule has 1 saturated heterocycles. The van der Waals surface area contributed by atoms with Crippen molar-refractivity contribution in [3.05, 3.63) is 0 Å². The van der Waals surface area contributed by atoms with Crippen molar-refractivity contribution in [3.8, 4) is 0 Å². The van der Waals surface area contributed by atoms with Gasteiger partial charge in [-0.15, -0.1) is 12.4 Å². The van der Waals surface area contributed by atoms with Gasteiger partial charge in [-0.05, 0) is 19.4 Å². The summed E-state index contributed by atoms with van der Waals surface area (Å²) in [6.45, 7) is 11.8. The Kier molecular flexibility index (Phi) is 32.2. The molecule has 1 aliphatic heterocycles. The van der Waals surface area contributed by atoms with E-state index < -0.39 is 0 Å². The summed E-state index contributed by atoms with van der Waals surface area (Å²) in [5.41, 5.74) is 0. The summed E-state index contributed by atoms with van der Waals surface area (Å²) in [7, 11) is 0. The summed E-state index contributed by atoms with van der Waals surface area (Å²) < 4.78 is 6.81. The van der Waals surface area contributed by atoms with Crippen LogP contribution in [0.15, 0.2) is 0 Å². The lowest BCUT2D eigenvalue weighted by atomic mass is 10.0. The predicted octanol–water partition coefficient (Wildman–Crippen LogP) is 11.7. The van der Waals surface area contributed by atoms with E-state index >= 15 is 0 Å². The van der Waals surface area contributed by atoms with Crippen LogP contribution in [-0.4, -0.2) is 60.1 Å². The normalized spacial score (nSPS) is 17.6. The van der Waals surface area contributed by atoms with Crippen LogP contribution in [0.3, 0.4) is 0 Å². The highest BCUT2D eigenvalue weighted by molar-refractivity contribution is 5.85. The molecule has 0 bridgehead atoms. The monoisotopic (exact) mass is 631 g/mol. The molecule has 4 nitrogen and oxygen atoms in total. The summed E-state index contributed by atoms with van der Waals surface area (Å²) in [6.07, 6.45) is 38.6. The van der Waals surface area contributed by atoms with Crippen molar-refractivity contribution in [1.82, 2.24) is 9.80 Å². The first-order valence-corrected chi connectivity index (χ1v) is 19.5. The van der Waals surface area contributed by atoms with Gasteiger partial charge in [0, 0.05) is 26.1 Å². The highest BCUT2D eigenvalue weighted by Crippen LogP contribution is 2.34. The summed E-state index contributed by atoms with van der Waals surface area (Å²) in [5.74, 6) is -0.286. The second-order valence-electron chi connectivity index (χ2n) is 13.5. The number of β-amino-alcohol motifs (C(OH)–C–C–N with tert-alkyl or cyclic N) is 1. The van der Waals surface area contributed by atoms with E-state index in [9.17, 15) is 5.11 Å². The van der Waals surface area contributed by atoms with Crippen LogP contribution in [0.25, 0.3) is 0 Å². The molecule has 0 radical (unpaired) electrons. The van der Waals surface area contributed by atoms with Crippen LogP contribution in [0.5, 0.6) is 0 Å². The zero-order valence-corrected chi connectivity index (χ0v) is 30.5. The molecule has 0 saturated carbocycles. The van der Waals surface area contributed by atoms with Gasteiger partial charge in [0.2, 0.25) is 0 Å². The van der Waals surface area contributed by atoms with Gasteiger partial charge < -0.3 is 9.84 Å². The summed E-state index contributed by atoms with van der Waals surface area (Å²) in [4.78, 5) is 4.99. The van der Waals surface area contributed by atoms with Crippen molar-refractivity contribution in [2.45, 2.75) is 206 Å². The lowest BCUT2D eigenvalue weighted by molar-refractivity contribution is -0.219. The third-order valence-electron chi connectivity index (χ3n) is 9.82. The Balaban J connectivity index is 0.0000176. The molecule has 1 atom stereocenters. The number of ether oxygens (including phenoxy) is 1. The number of hydrogen-bond acceptors (Lipinski definition) is 4. The Morgan fingerprint density at radius 3 is 1.21 bits per heavy atom. The second kappa shape index (κ2) is 32.1. The number of hydrogen-bond donors (Lipinski definition) is 1. The highest BCUT2D eigenvalue weighted by atomic mass is 35.5. The Hall–Kier alpha value is 0.130. The van der Waals surface area contributed by atoms with Crippen LogP contribution in [0, 0.1) is 0 Å². The van der Waals surface area contributed by atoms with Crippen molar-refractivity contribution in [1.29, 1.82) is 0 Å². The number of halogens is 1. The molecule has 1 aliphatic rings. The summed E-state index contributed by atoms with van der Waals surface area (Å²) in [6, 6.07) is 0. The Morgan fingerprint density at radius 2 is 0.837 bits per heavy atom. The molecule has 260 valence electrons. The van der Waals surface area contributed by atoms with E-state index in [-0.39, 0.29) is 24.9 Å². The number of aliphatic hydroxyl groups excluding tert-OH is 1. The number of rotatable bonds is 33. The van der Waals surface area contributed by atoms with Gasteiger partial charge in [0.1, 0.15) is 0 Å². The zero-order chi connectivity index (χ0) is 30.4. The van der Waals surface area contributed by atoms with Crippen molar-refractivity contribution in [2.24, 2.45) is 0 Å². The van der Waals surface area contributed by atoms with Gasteiger partial charge in [0.25, 0.3) is 0 Å². The van der Waals surface area contributed by atoms with E-state index in [2.05, 4.69) is 30.6 Å². The number of unbranched alkanes of at least 4 members (excludes halogenated alkanes) is 25. The van der Waals surface area contributed by atoms with E-state index in [0.29, 0.717) is 0 Å². The molecule has 5 heteroatoms. The molecule has 0 aromatic heterocycles. The summed E-state index contributed by atoms with van der Waals surface area (Å²) >= 11 is 0. The van der Waals surface area contributed by atoms with Crippen molar-refractivity contribution >= 4 is 12.4 Å². The molecule has 1 N–H and O–H groups in total. The summed E-state index contributed by atoms with van der Waals surface area (Å²) in [5, 5.41) is 9.79. The van der Waals surface area contributed by atoms with Crippen LogP contribution >= 0.6 is 12.4 Å². The van der Waals surface area contributed by atoms with E-state index in [4.69, 9.17) is 4.74 Å². The molecule has 0 spiro atoms.